The molecular weight excluding hydrogens is 192 g/mol. The summed E-state index contributed by atoms with van der Waals surface area (Å²) in [5.41, 5.74) is 1.13. The van der Waals surface area contributed by atoms with Crippen LogP contribution in [0.1, 0.15) is 18.4 Å². The highest BCUT2D eigenvalue weighted by Gasteiger charge is 2.27. The third-order valence-electron chi connectivity index (χ3n) is 2.81. The summed E-state index contributed by atoms with van der Waals surface area (Å²) in [6.07, 6.45) is 3.53. The van der Waals surface area contributed by atoms with Gasteiger partial charge >= 0.3 is 0 Å². The molecule has 1 aromatic heterocycles. The Balaban J connectivity index is 1.87. The summed E-state index contributed by atoms with van der Waals surface area (Å²) in [5, 5.41) is 12.7. The van der Waals surface area contributed by atoms with E-state index in [1.807, 2.05) is 12.1 Å². The van der Waals surface area contributed by atoms with Crippen LogP contribution >= 0.6 is 0 Å². The third-order valence-corrected chi connectivity index (χ3v) is 2.81. The van der Waals surface area contributed by atoms with Gasteiger partial charge < -0.3 is 15.2 Å². The SMILES string of the molecule is COc1cc(CN[C@H]2CC[C@@H]2O)ccn1. The molecule has 82 valence electrons. The first-order valence-electron chi connectivity index (χ1n) is 5.20. The Hall–Kier alpha value is -1.13. The highest BCUT2D eigenvalue weighted by molar-refractivity contribution is 5.20. The van der Waals surface area contributed by atoms with Crippen molar-refractivity contribution in [3.05, 3.63) is 23.9 Å². The Labute approximate surface area is 89.3 Å². The van der Waals surface area contributed by atoms with Crippen LogP contribution in [0.2, 0.25) is 0 Å². The molecule has 0 unspecified atom stereocenters. The van der Waals surface area contributed by atoms with Gasteiger partial charge in [-0.05, 0) is 24.5 Å². The number of pyridine rings is 1. The molecule has 0 bridgehead atoms. The van der Waals surface area contributed by atoms with Gasteiger partial charge in [0.05, 0.1) is 13.2 Å². The van der Waals surface area contributed by atoms with Gasteiger partial charge in [0.15, 0.2) is 0 Å². The van der Waals surface area contributed by atoms with Crippen LogP contribution in [0.3, 0.4) is 0 Å². The molecule has 0 spiro atoms. The molecule has 1 saturated carbocycles. The predicted octanol–water partition coefficient (Wildman–Crippen LogP) is 0.703. The maximum absolute atomic E-state index is 9.39. The fourth-order valence-corrected chi connectivity index (χ4v) is 1.64. The molecule has 4 nitrogen and oxygen atoms in total. The molecular formula is C11H16N2O2. The summed E-state index contributed by atoms with van der Waals surface area (Å²) in [5.74, 6) is 0.628. The first-order valence-corrected chi connectivity index (χ1v) is 5.20. The van der Waals surface area contributed by atoms with Crippen molar-refractivity contribution in [1.82, 2.24) is 10.3 Å². The Kier molecular flexibility index (Phi) is 3.18. The zero-order valence-corrected chi connectivity index (χ0v) is 8.81. The average Bonchev–Trinajstić information content (AvgIpc) is 2.27. The van der Waals surface area contributed by atoms with Crippen LogP contribution in [0, 0.1) is 0 Å². The summed E-state index contributed by atoms with van der Waals surface area (Å²) >= 11 is 0. The molecule has 2 rings (SSSR count). The van der Waals surface area contributed by atoms with Crippen LogP contribution in [0.5, 0.6) is 5.88 Å². The standard InChI is InChI=1S/C11H16N2O2/c1-15-11-6-8(4-5-12-11)7-13-9-2-3-10(9)14/h4-6,9-10,13-14H,2-3,7H2,1H3/t9-,10-/m0/s1. The molecule has 1 aliphatic carbocycles. The van der Waals surface area contributed by atoms with Crippen molar-refractivity contribution in [3.63, 3.8) is 0 Å². The van der Waals surface area contributed by atoms with Crippen molar-refractivity contribution in [2.75, 3.05) is 7.11 Å². The van der Waals surface area contributed by atoms with Crippen molar-refractivity contribution in [2.45, 2.75) is 31.5 Å². The second-order valence-corrected chi connectivity index (χ2v) is 3.84. The van der Waals surface area contributed by atoms with E-state index in [1.54, 1.807) is 13.3 Å². The van der Waals surface area contributed by atoms with E-state index in [1.165, 1.54) is 0 Å². The van der Waals surface area contributed by atoms with Gasteiger partial charge in [-0.25, -0.2) is 4.98 Å². The molecule has 0 aliphatic heterocycles. The van der Waals surface area contributed by atoms with E-state index in [2.05, 4.69) is 10.3 Å². The number of nitrogens with one attached hydrogen (secondary N) is 1. The zero-order chi connectivity index (χ0) is 10.7. The lowest BCUT2D eigenvalue weighted by Crippen LogP contribution is -2.47. The lowest BCUT2D eigenvalue weighted by molar-refractivity contribution is 0.0493. The van der Waals surface area contributed by atoms with Crippen molar-refractivity contribution in [2.24, 2.45) is 0 Å². The second kappa shape index (κ2) is 4.59. The van der Waals surface area contributed by atoms with Crippen LogP contribution in [-0.4, -0.2) is 29.3 Å². The van der Waals surface area contributed by atoms with Crippen molar-refractivity contribution in [3.8, 4) is 5.88 Å². The quantitative estimate of drug-likeness (QED) is 0.765. The topological polar surface area (TPSA) is 54.4 Å². The maximum atomic E-state index is 9.39. The Morgan fingerprint density at radius 2 is 2.47 bits per heavy atom. The number of aliphatic hydroxyl groups excluding tert-OH is 1. The Morgan fingerprint density at radius 1 is 1.60 bits per heavy atom. The molecule has 2 atom stereocenters. The lowest BCUT2D eigenvalue weighted by Gasteiger charge is -2.33. The Morgan fingerprint density at radius 3 is 3.07 bits per heavy atom. The molecule has 0 radical (unpaired) electrons. The molecule has 2 N–H and O–H groups in total. The van der Waals surface area contributed by atoms with E-state index < -0.39 is 0 Å². The van der Waals surface area contributed by atoms with Crippen LogP contribution in [0.15, 0.2) is 18.3 Å². The summed E-state index contributed by atoms with van der Waals surface area (Å²) in [6.45, 7) is 0.751. The number of rotatable bonds is 4. The number of hydrogen-bond donors (Lipinski definition) is 2. The van der Waals surface area contributed by atoms with E-state index in [0.717, 1.165) is 24.9 Å². The van der Waals surface area contributed by atoms with Gasteiger partial charge in [0.1, 0.15) is 0 Å². The first-order chi connectivity index (χ1) is 7.29. The molecule has 1 fully saturated rings. The van der Waals surface area contributed by atoms with E-state index in [4.69, 9.17) is 4.74 Å². The van der Waals surface area contributed by atoms with Gasteiger partial charge in [-0.1, -0.05) is 0 Å². The minimum atomic E-state index is -0.172. The fourth-order valence-electron chi connectivity index (χ4n) is 1.64. The lowest BCUT2D eigenvalue weighted by atomic mass is 9.89. The van der Waals surface area contributed by atoms with Gasteiger partial charge in [0, 0.05) is 24.8 Å². The summed E-state index contributed by atoms with van der Waals surface area (Å²) < 4.78 is 5.03. The van der Waals surface area contributed by atoms with Crippen LogP contribution in [-0.2, 0) is 6.54 Å². The first kappa shape index (κ1) is 10.4. The number of aromatic nitrogens is 1. The van der Waals surface area contributed by atoms with E-state index in [0.29, 0.717) is 5.88 Å². The molecule has 1 heterocycles. The number of aliphatic hydroxyl groups is 1. The summed E-state index contributed by atoms with van der Waals surface area (Å²) in [4.78, 5) is 4.03. The molecule has 0 saturated heterocycles. The van der Waals surface area contributed by atoms with Crippen molar-refractivity contribution in [1.29, 1.82) is 0 Å². The Bertz CT molecular complexity index is 330. The molecule has 15 heavy (non-hydrogen) atoms. The van der Waals surface area contributed by atoms with Gasteiger partial charge in [0.2, 0.25) is 5.88 Å². The molecule has 1 aliphatic rings. The van der Waals surface area contributed by atoms with Gasteiger partial charge in [0.25, 0.3) is 0 Å². The monoisotopic (exact) mass is 208 g/mol. The molecule has 1 aromatic rings. The zero-order valence-electron chi connectivity index (χ0n) is 8.81. The minimum Gasteiger partial charge on any atom is -0.481 e. The van der Waals surface area contributed by atoms with Gasteiger partial charge in [-0.3, -0.25) is 0 Å². The highest BCUT2D eigenvalue weighted by Crippen LogP contribution is 2.20. The number of nitrogens with zero attached hydrogens (tertiary/aromatic N) is 1. The molecule has 0 amide bonds. The summed E-state index contributed by atoms with van der Waals surface area (Å²) in [6, 6.07) is 4.10. The largest absolute Gasteiger partial charge is 0.481 e. The van der Waals surface area contributed by atoms with Gasteiger partial charge in [-0.2, -0.15) is 0 Å². The summed E-state index contributed by atoms with van der Waals surface area (Å²) in [7, 11) is 1.61. The van der Waals surface area contributed by atoms with Crippen molar-refractivity contribution < 1.29 is 9.84 Å². The normalized spacial score (nSPS) is 24.7. The van der Waals surface area contributed by atoms with E-state index >= 15 is 0 Å². The fraction of sp³-hybridized carbons (Fsp3) is 0.545. The third kappa shape index (κ3) is 2.46. The second-order valence-electron chi connectivity index (χ2n) is 3.84. The minimum absolute atomic E-state index is 0.172. The van der Waals surface area contributed by atoms with Crippen LogP contribution in [0.4, 0.5) is 0 Å². The van der Waals surface area contributed by atoms with E-state index in [-0.39, 0.29) is 12.1 Å². The van der Waals surface area contributed by atoms with E-state index in [9.17, 15) is 5.11 Å². The average molecular weight is 208 g/mol. The van der Waals surface area contributed by atoms with Gasteiger partial charge in [-0.15, -0.1) is 0 Å². The smallest absolute Gasteiger partial charge is 0.213 e. The van der Waals surface area contributed by atoms with Crippen LogP contribution in [0.25, 0.3) is 0 Å². The highest BCUT2D eigenvalue weighted by atomic mass is 16.5. The predicted molar refractivity (Wildman–Crippen MR) is 56.7 cm³/mol. The van der Waals surface area contributed by atoms with Crippen LogP contribution < -0.4 is 10.1 Å². The molecule has 0 aromatic carbocycles. The number of hydrogen-bond acceptors (Lipinski definition) is 4. The van der Waals surface area contributed by atoms with Crippen molar-refractivity contribution >= 4 is 0 Å². The number of methoxy groups -OCH3 is 1. The molecule has 4 heteroatoms. The number of ether oxygens (including phenoxy) is 1. The maximum Gasteiger partial charge on any atom is 0.213 e.